The molecule has 1 N–H and O–H groups in total. The van der Waals surface area contributed by atoms with Gasteiger partial charge in [-0.1, -0.05) is 25.1 Å². The minimum atomic E-state index is 0.158. The summed E-state index contributed by atoms with van der Waals surface area (Å²) in [6, 6.07) is 10.6. The minimum Gasteiger partial charge on any atom is -0.371 e. The van der Waals surface area contributed by atoms with Gasteiger partial charge in [-0.25, -0.2) is 0 Å². The summed E-state index contributed by atoms with van der Waals surface area (Å²) < 4.78 is 0. The predicted octanol–water partition coefficient (Wildman–Crippen LogP) is 3.15. The first-order chi connectivity index (χ1) is 11.2. The lowest BCUT2D eigenvalue weighted by molar-refractivity contribution is -0.121. The number of piperidine rings is 1. The Kier molecular flexibility index (Phi) is 4.79. The zero-order valence-corrected chi connectivity index (χ0v) is 14.0. The number of aryl methyl sites for hydroxylation is 1. The van der Waals surface area contributed by atoms with Crippen molar-refractivity contribution in [3.05, 3.63) is 36.0 Å². The molecule has 1 saturated heterocycles. The highest BCUT2D eigenvalue weighted by Crippen LogP contribution is 2.31. The number of pyridine rings is 1. The normalized spacial score (nSPS) is 15.8. The summed E-state index contributed by atoms with van der Waals surface area (Å²) >= 11 is 0. The Morgan fingerprint density at radius 3 is 2.74 bits per heavy atom. The number of hydrogen-bond donors (Lipinski definition) is 1. The van der Waals surface area contributed by atoms with Gasteiger partial charge < -0.3 is 10.2 Å². The second-order valence-corrected chi connectivity index (χ2v) is 6.31. The molecule has 0 unspecified atom stereocenters. The molecule has 1 aromatic carbocycles. The lowest BCUT2D eigenvalue weighted by Gasteiger charge is -2.34. The minimum absolute atomic E-state index is 0.158. The highest BCUT2D eigenvalue weighted by atomic mass is 16.1. The maximum Gasteiger partial charge on any atom is 0.220 e. The zero-order chi connectivity index (χ0) is 16.2. The van der Waals surface area contributed by atoms with Crippen molar-refractivity contribution in [2.45, 2.75) is 32.6 Å². The van der Waals surface area contributed by atoms with Gasteiger partial charge in [-0.05, 0) is 37.3 Å². The van der Waals surface area contributed by atoms with Crippen molar-refractivity contribution in [2.75, 3.05) is 25.0 Å². The van der Waals surface area contributed by atoms with Gasteiger partial charge in [-0.2, -0.15) is 0 Å². The summed E-state index contributed by atoms with van der Waals surface area (Å²) in [4.78, 5) is 18.8. The summed E-state index contributed by atoms with van der Waals surface area (Å²) in [5, 5.41) is 3.96. The number of anilines is 1. The SMILES string of the molecule is CCc1cc(N2CCC(CC(=O)NC)CC2)c2ccccc2n1. The van der Waals surface area contributed by atoms with E-state index < -0.39 is 0 Å². The van der Waals surface area contributed by atoms with Crippen LogP contribution in [-0.4, -0.2) is 31.0 Å². The standard InChI is InChI=1S/C19H25N3O/c1-3-15-13-18(16-6-4-5-7-17(16)21-15)22-10-8-14(9-11-22)12-19(23)20-2/h4-7,13-14H,3,8-12H2,1-2H3,(H,20,23). The van der Waals surface area contributed by atoms with E-state index >= 15 is 0 Å². The molecule has 1 fully saturated rings. The first-order valence-electron chi connectivity index (χ1n) is 8.55. The smallest absolute Gasteiger partial charge is 0.220 e. The molecule has 0 atom stereocenters. The van der Waals surface area contributed by atoms with Crippen LogP contribution in [0.25, 0.3) is 10.9 Å². The number of nitrogens with zero attached hydrogens (tertiary/aromatic N) is 2. The van der Waals surface area contributed by atoms with Gasteiger partial charge in [0, 0.05) is 43.3 Å². The van der Waals surface area contributed by atoms with E-state index in [1.807, 2.05) is 6.07 Å². The molecule has 3 rings (SSSR count). The molecule has 122 valence electrons. The molecule has 4 nitrogen and oxygen atoms in total. The first kappa shape index (κ1) is 15.8. The largest absolute Gasteiger partial charge is 0.371 e. The van der Waals surface area contributed by atoms with Crippen LogP contribution in [0.4, 0.5) is 5.69 Å². The molecule has 1 aliphatic heterocycles. The molecular formula is C19H25N3O. The molecule has 2 aromatic rings. The monoisotopic (exact) mass is 311 g/mol. The maximum absolute atomic E-state index is 11.6. The number of aromatic nitrogens is 1. The number of fused-ring (bicyclic) bond motifs is 1. The summed E-state index contributed by atoms with van der Waals surface area (Å²) in [7, 11) is 1.72. The molecule has 0 aliphatic carbocycles. The van der Waals surface area contributed by atoms with Crippen LogP contribution in [0, 0.1) is 5.92 Å². The van der Waals surface area contributed by atoms with E-state index in [0.29, 0.717) is 12.3 Å². The van der Waals surface area contributed by atoms with Gasteiger partial charge in [-0.15, -0.1) is 0 Å². The average molecular weight is 311 g/mol. The highest BCUT2D eigenvalue weighted by Gasteiger charge is 2.22. The summed E-state index contributed by atoms with van der Waals surface area (Å²) in [5.41, 5.74) is 3.52. The van der Waals surface area contributed by atoms with Crippen LogP contribution >= 0.6 is 0 Å². The van der Waals surface area contributed by atoms with Gasteiger partial charge in [0.15, 0.2) is 0 Å². The number of amides is 1. The molecule has 0 radical (unpaired) electrons. The Hall–Kier alpha value is -2.10. The van der Waals surface area contributed by atoms with Crippen LogP contribution in [0.1, 0.15) is 31.9 Å². The van der Waals surface area contributed by atoms with Crippen LogP contribution in [0.2, 0.25) is 0 Å². The molecule has 0 saturated carbocycles. The van der Waals surface area contributed by atoms with E-state index in [1.54, 1.807) is 7.05 Å². The van der Waals surface area contributed by atoms with Crippen molar-refractivity contribution >= 4 is 22.5 Å². The number of rotatable bonds is 4. The molecule has 23 heavy (non-hydrogen) atoms. The van der Waals surface area contributed by atoms with Crippen LogP contribution in [0.3, 0.4) is 0 Å². The van der Waals surface area contributed by atoms with Gasteiger partial charge in [0.25, 0.3) is 0 Å². The summed E-state index contributed by atoms with van der Waals surface area (Å²) in [5.74, 6) is 0.663. The van der Waals surface area contributed by atoms with Gasteiger partial charge in [0.05, 0.1) is 5.52 Å². The van der Waals surface area contributed by atoms with Gasteiger partial charge in [0.1, 0.15) is 0 Å². The van der Waals surface area contributed by atoms with Gasteiger partial charge >= 0.3 is 0 Å². The fraction of sp³-hybridized carbons (Fsp3) is 0.474. The fourth-order valence-corrected chi connectivity index (χ4v) is 3.40. The molecule has 2 heterocycles. The summed E-state index contributed by atoms with van der Waals surface area (Å²) in [6.07, 6.45) is 3.75. The molecular weight excluding hydrogens is 286 g/mol. The van der Waals surface area contributed by atoms with Crippen molar-refractivity contribution in [1.82, 2.24) is 10.3 Å². The number of carbonyl (C=O) groups excluding carboxylic acids is 1. The molecule has 0 bridgehead atoms. The van der Waals surface area contributed by atoms with E-state index in [-0.39, 0.29) is 5.91 Å². The molecule has 1 aromatic heterocycles. The first-order valence-corrected chi connectivity index (χ1v) is 8.55. The lowest BCUT2D eigenvalue weighted by Crippen LogP contribution is -2.35. The van der Waals surface area contributed by atoms with Crippen molar-refractivity contribution in [1.29, 1.82) is 0 Å². The molecule has 0 spiro atoms. The van der Waals surface area contributed by atoms with Crippen molar-refractivity contribution in [3.63, 3.8) is 0 Å². The fourth-order valence-electron chi connectivity index (χ4n) is 3.40. The number of hydrogen-bond acceptors (Lipinski definition) is 3. The topological polar surface area (TPSA) is 45.2 Å². The summed E-state index contributed by atoms with van der Waals surface area (Å²) in [6.45, 7) is 4.17. The van der Waals surface area contributed by atoms with Crippen molar-refractivity contribution in [2.24, 2.45) is 5.92 Å². The predicted molar refractivity (Wildman–Crippen MR) is 94.7 cm³/mol. The third kappa shape index (κ3) is 3.46. The van der Waals surface area contributed by atoms with Crippen molar-refractivity contribution < 1.29 is 4.79 Å². The van der Waals surface area contributed by atoms with E-state index in [0.717, 1.165) is 43.6 Å². The van der Waals surface area contributed by atoms with Crippen molar-refractivity contribution in [3.8, 4) is 0 Å². The Bertz CT molecular complexity index is 690. The van der Waals surface area contributed by atoms with Gasteiger partial charge in [-0.3, -0.25) is 9.78 Å². The Labute approximate surface area is 137 Å². The zero-order valence-electron chi connectivity index (χ0n) is 14.0. The average Bonchev–Trinajstić information content (AvgIpc) is 2.61. The Morgan fingerprint density at radius 1 is 1.30 bits per heavy atom. The lowest BCUT2D eigenvalue weighted by atomic mass is 9.92. The quantitative estimate of drug-likeness (QED) is 0.943. The van der Waals surface area contributed by atoms with E-state index in [9.17, 15) is 4.79 Å². The molecule has 1 amide bonds. The second-order valence-electron chi connectivity index (χ2n) is 6.31. The van der Waals surface area contributed by atoms with Crippen LogP contribution in [-0.2, 0) is 11.2 Å². The Balaban J connectivity index is 1.80. The van der Waals surface area contributed by atoms with E-state index in [1.165, 1.54) is 11.1 Å². The number of nitrogens with one attached hydrogen (secondary N) is 1. The molecule has 4 heteroatoms. The van der Waals surface area contributed by atoms with Crippen LogP contribution < -0.4 is 10.2 Å². The van der Waals surface area contributed by atoms with Crippen LogP contribution in [0.5, 0.6) is 0 Å². The third-order valence-electron chi connectivity index (χ3n) is 4.82. The highest BCUT2D eigenvalue weighted by molar-refractivity contribution is 5.92. The van der Waals surface area contributed by atoms with E-state index in [4.69, 9.17) is 4.98 Å². The Morgan fingerprint density at radius 2 is 2.04 bits per heavy atom. The third-order valence-corrected chi connectivity index (χ3v) is 4.82. The number of benzene rings is 1. The molecule has 1 aliphatic rings. The van der Waals surface area contributed by atoms with E-state index in [2.05, 4.69) is 41.4 Å². The second kappa shape index (κ2) is 6.99. The number of para-hydroxylation sites is 1. The maximum atomic E-state index is 11.6. The van der Waals surface area contributed by atoms with Gasteiger partial charge in [0.2, 0.25) is 5.91 Å². The van der Waals surface area contributed by atoms with Crippen LogP contribution in [0.15, 0.2) is 30.3 Å². The number of carbonyl (C=O) groups is 1.